The van der Waals surface area contributed by atoms with Crippen molar-refractivity contribution in [2.45, 2.75) is 45.4 Å². The van der Waals surface area contributed by atoms with Gasteiger partial charge in [-0.3, -0.25) is 20.4 Å². The van der Waals surface area contributed by atoms with Crippen LogP contribution in [0.2, 0.25) is 0 Å². The monoisotopic (exact) mass is 330 g/mol. The molecule has 3 rings (SSSR count). The van der Waals surface area contributed by atoms with E-state index in [9.17, 15) is 9.59 Å². The summed E-state index contributed by atoms with van der Waals surface area (Å²) in [6.45, 7) is 1.97. The predicted octanol–water partition coefficient (Wildman–Crippen LogP) is 2.60. The first-order valence-electron chi connectivity index (χ1n) is 8.93. The molecule has 0 radical (unpaired) electrons. The Morgan fingerprint density at radius 2 is 1.83 bits per heavy atom. The number of carbonyl (C=O) groups is 2. The number of nitrogens with one attached hydrogen (secondary N) is 2. The fourth-order valence-electron chi connectivity index (χ4n) is 4.06. The molecule has 0 aromatic heterocycles. The van der Waals surface area contributed by atoms with Gasteiger partial charge in [0.1, 0.15) is 5.75 Å². The lowest BCUT2D eigenvalue weighted by Crippen LogP contribution is -2.44. The molecule has 0 spiro atoms. The Balaban J connectivity index is 1.33. The summed E-state index contributed by atoms with van der Waals surface area (Å²) in [6.07, 6.45) is 6.53. The number of hydrogen-bond acceptors (Lipinski definition) is 3. The van der Waals surface area contributed by atoms with Crippen LogP contribution in [0.3, 0.4) is 0 Å². The van der Waals surface area contributed by atoms with Gasteiger partial charge in [0, 0.05) is 6.42 Å². The van der Waals surface area contributed by atoms with E-state index >= 15 is 0 Å². The van der Waals surface area contributed by atoms with Crippen LogP contribution in [0.1, 0.15) is 44.6 Å². The van der Waals surface area contributed by atoms with E-state index in [1.807, 2.05) is 24.3 Å². The zero-order valence-electron chi connectivity index (χ0n) is 14.2. The smallest absolute Gasteiger partial charge is 0.276 e. The van der Waals surface area contributed by atoms with Crippen LogP contribution in [0.15, 0.2) is 24.3 Å². The van der Waals surface area contributed by atoms with Gasteiger partial charge in [-0.05, 0) is 61.1 Å². The third-order valence-corrected chi connectivity index (χ3v) is 5.37. The highest BCUT2D eigenvalue weighted by atomic mass is 16.5. The fraction of sp³-hybridized carbons (Fsp3) is 0.579. The molecule has 1 aromatic rings. The van der Waals surface area contributed by atoms with Crippen LogP contribution in [-0.4, -0.2) is 18.4 Å². The van der Waals surface area contributed by atoms with Crippen LogP contribution in [0.5, 0.6) is 5.75 Å². The molecule has 2 aliphatic carbocycles. The molecule has 0 saturated heterocycles. The van der Waals surface area contributed by atoms with E-state index in [0.717, 1.165) is 12.3 Å². The summed E-state index contributed by atoms with van der Waals surface area (Å²) in [5, 5.41) is 0. The van der Waals surface area contributed by atoms with E-state index in [1.54, 1.807) is 0 Å². The van der Waals surface area contributed by atoms with Crippen LogP contribution < -0.4 is 15.6 Å². The third kappa shape index (κ3) is 4.28. The number of fused-ring (bicyclic) bond motifs is 2. The first kappa shape index (κ1) is 16.8. The molecule has 2 amide bonds. The molecule has 2 bridgehead atoms. The van der Waals surface area contributed by atoms with Crippen molar-refractivity contribution in [2.24, 2.45) is 17.8 Å². The predicted molar refractivity (Wildman–Crippen MR) is 91.2 cm³/mol. The van der Waals surface area contributed by atoms with E-state index in [-0.39, 0.29) is 18.4 Å². The number of hydrogen-bond donors (Lipinski definition) is 2. The van der Waals surface area contributed by atoms with Gasteiger partial charge in [0.25, 0.3) is 5.91 Å². The molecule has 1 aromatic carbocycles. The number of hydrazine groups is 1. The number of benzene rings is 1. The molecule has 5 nitrogen and oxygen atoms in total. The van der Waals surface area contributed by atoms with Crippen molar-refractivity contribution in [1.29, 1.82) is 0 Å². The summed E-state index contributed by atoms with van der Waals surface area (Å²) in [6, 6.07) is 7.65. The Morgan fingerprint density at radius 3 is 2.46 bits per heavy atom. The maximum atomic E-state index is 12.0. The maximum absolute atomic E-state index is 12.0. The molecule has 0 unspecified atom stereocenters. The first-order chi connectivity index (χ1) is 11.6. The van der Waals surface area contributed by atoms with Crippen molar-refractivity contribution < 1.29 is 14.3 Å². The van der Waals surface area contributed by atoms with Gasteiger partial charge in [-0.25, -0.2) is 0 Å². The average molecular weight is 330 g/mol. The van der Waals surface area contributed by atoms with Gasteiger partial charge >= 0.3 is 0 Å². The molecule has 3 atom stereocenters. The SMILES string of the molecule is CCc1ccc(OCC(=O)NNC(=O)C[C@H]2C[C@H]3CC[C@@H]2C3)cc1. The van der Waals surface area contributed by atoms with Crippen molar-refractivity contribution in [1.82, 2.24) is 10.9 Å². The van der Waals surface area contributed by atoms with Gasteiger partial charge in [0.05, 0.1) is 0 Å². The lowest BCUT2D eigenvalue weighted by Gasteiger charge is -2.20. The van der Waals surface area contributed by atoms with Gasteiger partial charge in [0.2, 0.25) is 5.91 Å². The van der Waals surface area contributed by atoms with E-state index in [4.69, 9.17) is 4.74 Å². The summed E-state index contributed by atoms with van der Waals surface area (Å²) >= 11 is 0. The Morgan fingerprint density at radius 1 is 1.08 bits per heavy atom. The quantitative estimate of drug-likeness (QED) is 0.788. The number of amides is 2. The molecule has 2 aliphatic rings. The second-order valence-electron chi connectivity index (χ2n) is 7.02. The summed E-state index contributed by atoms with van der Waals surface area (Å²) in [4.78, 5) is 23.7. The van der Waals surface area contributed by atoms with Crippen LogP contribution in [-0.2, 0) is 16.0 Å². The van der Waals surface area contributed by atoms with Crippen molar-refractivity contribution in [3.63, 3.8) is 0 Å². The molecule has 2 saturated carbocycles. The zero-order chi connectivity index (χ0) is 16.9. The molecular formula is C19H26N2O3. The zero-order valence-corrected chi connectivity index (χ0v) is 14.2. The number of rotatable bonds is 6. The Hall–Kier alpha value is -2.04. The molecular weight excluding hydrogens is 304 g/mol. The first-order valence-corrected chi connectivity index (χ1v) is 8.93. The van der Waals surface area contributed by atoms with E-state index in [2.05, 4.69) is 17.8 Å². The molecule has 130 valence electrons. The minimum atomic E-state index is -0.351. The average Bonchev–Trinajstić information content (AvgIpc) is 3.21. The standard InChI is InChI=1S/C19H26N2O3/c1-2-13-4-7-17(8-5-13)24-12-19(23)21-20-18(22)11-16-10-14-3-6-15(16)9-14/h4-5,7-8,14-16H,2-3,6,9-12H2,1H3,(H,20,22)(H,21,23)/t14-,15+,16+/m0/s1. The van der Waals surface area contributed by atoms with E-state index in [1.165, 1.54) is 31.2 Å². The highest BCUT2D eigenvalue weighted by molar-refractivity contribution is 5.82. The lowest BCUT2D eigenvalue weighted by atomic mass is 9.86. The Labute approximate surface area is 143 Å². The van der Waals surface area contributed by atoms with Gasteiger partial charge in [-0.1, -0.05) is 25.5 Å². The largest absolute Gasteiger partial charge is 0.484 e. The molecule has 0 heterocycles. The molecule has 0 aliphatic heterocycles. The van der Waals surface area contributed by atoms with Crippen molar-refractivity contribution in [2.75, 3.05) is 6.61 Å². The van der Waals surface area contributed by atoms with Crippen molar-refractivity contribution >= 4 is 11.8 Å². The number of ether oxygens (including phenoxy) is 1. The second-order valence-corrected chi connectivity index (χ2v) is 7.02. The van der Waals surface area contributed by atoms with Gasteiger partial charge in [0.15, 0.2) is 6.61 Å². The Bertz CT molecular complexity index is 585. The molecule has 24 heavy (non-hydrogen) atoms. The molecule has 2 fully saturated rings. The van der Waals surface area contributed by atoms with Crippen LogP contribution >= 0.6 is 0 Å². The lowest BCUT2D eigenvalue weighted by molar-refractivity contribution is -0.130. The van der Waals surface area contributed by atoms with Gasteiger partial charge < -0.3 is 4.74 Å². The number of carbonyl (C=O) groups excluding carboxylic acids is 2. The molecule has 2 N–H and O–H groups in total. The number of aryl methyl sites for hydroxylation is 1. The highest BCUT2D eigenvalue weighted by Gasteiger charge is 2.40. The van der Waals surface area contributed by atoms with Crippen molar-refractivity contribution in [3.8, 4) is 5.75 Å². The maximum Gasteiger partial charge on any atom is 0.276 e. The summed E-state index contributed by atoms with van der Waals surface area (Å²) in [7, 11) is 0. The summed E-state index contributed by atoms with van der Waals surface area (Å²) in [5.74, 6) is 2.23. The van der Waals surface area contributed by atoms with E-state index < -0.39 is 0 Å². The minimum absolute atomic E-state index is 0.104. The summed E-state index contributed by atoms with van der Waals surface area (Å²) in [5.41, 5.74) is 6.16. The Kier molecular flexibility index (Phi) is 5.38. The van der Waals surface area contributed by atoms with Gasteiger partial charge in [-0.2, -0.15) is 0 Å². The van der Waals surface area contributed by atoms with Crippen LogP contribution in [0.4, 0.5) is 0 Å². The topological polar surface area (TPSA) is 67.4 Å². The normalized spacial score (nSPS) is 24.6. The fourth-order valence-corrected chi connectivity index (χ4v) is 4.06. The van der Waals surface area contributed by atoms with E-state index in [0.29, 0.717) is 24.0 Å². The molecule has 5 heteroatoms. The second kappa shape index (κ2) is 7.69. The highest BCUT2D eigenvalue weighted by Crippen LogP contribution is 2.49. The summed E-state index contributed by atoms with van der Waals surface area (Å²) < 4.78 is 5.41. The van der Waals surface area contributed by atoms with Crippen LogP contribution in [0, 0.1) is 17.8 Å². The third-order valence-electron chi connectivity index (χ3n) is 5.37. The van der Waals surface area contributed by atoms with Gasteiger partial charge in [-0.15, -0.1) is 0 Å². The minimum Gasteiger partial charge on any atom is -0.484 e. The van der Waals surface area contributed by atoms with Crippen molar-refractivity contribution in [3.05, 3.63) is 29.8 Å². The van der Waals surface area contributed by atoms with Crippen LogP contribution in [0.25, 0.3) is 0 Å².